The Morgan fingerprint density at radius 2 is 2.19 bits per heavy atom. The van der Waals surface area contributed by atoms with Gasteiger partial charge in [-0.2, -0.15) is 5.10 Å². The minimum atomic E-state index is -0.494. The van der Waals surface area contributed by atoms with E-state index in [1.807, 2.05) is 36.5 Å². The van der Waals surface area contributed by atoms with Gasteiger partial charge in [-0.3, -0.25) is 4.79 Å². The summed E-state index contributed by atoms with van der Waals surface area (Å²) >= 11 is 0. The summed E-state index contributed by atoms with van der Waals surface area (Å²) in [6, 6.07) is 9.70. The standard InChI is InChI=1S/C16H19N3O2/c20-15-8-3-6-13(15)16(21)17-11-12-5-1-2-7-14(12)19-10-4-9-18-19/h1-2,4-5,7,9-10,13,15,20H,3,6,8,11H2,(H,17,21). The summed E-state index contributed by atoms with van der Waals surface area (Å²) in [5, 5.41) is 16.9. The van der Waals surface area contributed by atoms with Crippen molar-refractivity contribution < 1.29 is 9.90 Å². The first kappa shape index (κ1) is 13.8. The van der Waals surface area contributed by atoms with Crippen LogP contribution in [-0.2, 0) is 11.3 Å². The smallest absolute Gasteiger partial charge is 0.225 e. The van der Waals surface area contributed by atoms with Crippen molar-refractivity contribution in [2.24, 2.45) is 5.92 Å². The predicted molar refractivity (Wildman–Crippen MR) is 78.8 cm³/mol. The molecule has 2 atom stereocenters. The fraction of sp³-hybridized carbons (Fsp3) is 0.375. The van der Waals surface area contributed by atoms with Crippen molar-refractivity contribution in [1.82, 2.24) is 15.1 Å². The molecule has 1 aromatic carbocycles. The lowest BCUT2D eigenvalue weighted by Crippen LogP contribution is -2.34. The maximum absolute atomic E-state index is 12.1. The van der Waals surface area contributed by atoms with Crippen LogP contribution in [0.4, 0.5) is 0 Å². The van der Waals surface area contributed by atoms with Gasteiger partial charge >= 0.3 is 0 Å². The van der Waals surface area contributed by atoms with Crippen LogP contribution in [0.2, 0.25) is 0 Å². The van der Waals surface area contributed by atoms with Crippen molar-refractivity contribution in [3.8, 4) is 5.69 Å². The molecule has 5 heteroatoms. The van der Waals surface area contributed by atoms with E-state index in [1.54, 1.807) is 10.9 Å². The van der Waals surface area contributed by atoms with Gasteiger partial charge in [-0.25, -0.2) is 4.68 Å². The van der Waals surface area contributed by atoms with Crippen LogP contribution in [0.1, 0.15) is 24.8 Å². The van der Waals surface area contributed by atoms with Crippen molar-refractivity contribution >= 4 is 5.91 Å². The highest BCUT2D eigenvalue weighted by atomic mass is 16.3. The number of benzene rings is 1. The van der Waals surface area contributed by atoms with Crippen LogP contribution in [0.15, 0.2) is 42.7 Å². The molecule has 1 aromatic heterocycles. The average molecular weight is 285 g/mol. The molecule has 0 radical (unpaired) electrons. The third-order valence-corrected chi connectivity index (χ3v) is 4.01. The van der Waals surface area contributed by atoms with Crippen LogP contribution in [-0.4, -0.2) is 26.9 Å². The van der Waals surface area contributed by atoms with Gasteiger partial charge in [-0.05, 0) is 37.0 Å². The van der Waals surface area contributed by atoms with Crippen molar-refractivity contribution in [2.75, 3.05) is 0 Å². The monoisotopic (exact) mass is 285 g/mol. The van der Waals surface area contributed by atoms with Gasteiger partial charge in [0.05, 0.1) is 17.7 Å². The molecule has 0 aliphatic heterocycles. The highest BCUT2D eigenvalue weighted by Gasteiger charge is 2.31. The largest absolute Gasteiger partial charge is 0.392 e. The minimum Gasteiger partial charge on any atom is -0.392 e. The molecule has 21 heavy (non-hydrogen) atoms. The quantitative estimate of drug-likeness (QED) is 0.897. The number of nitrogens with zero attached hydrogens (tertiary/aromatic N) is 2. The highest BCUT2D eigenvalue weighted by Crippen LogP contribution is 2.25. The van der Waals surface area contributed by atoms with Crippen LogP contribution in [0, 0.1) is 5.92 Å². The number of aromatic nitrogens is 2. The number of nitrogens with one attached hydrogen (secondary N) is 1. The van der Waals surface area contributed by atoms with Crippen molar-refractivity contribution in [1.29, 1.82) is 0 Å². The van der Waals surface area contributed by atoms with Gasteiger partial charge in [-0.1, -0.05) is 18.2 Å². The van der Waals surface area contributed by atoms with Gasteiger partial charge in [0.1, 0.15) is 0 Å². The van der Waals surface area contributed by atoms with Crippen LogP contribution >= 0.6 is 0 Å². The first-order chi connectivity index (χ1) is 10.3. The van der Waals surface area contributed by atoms with Crippen LogP contribution < -0.4 is 5.32 Å². The second kappa shape index (κ2) is 6.10. The third-order valence-electron chi connectivity index (χ3n) is 4.01. The summed E-state index contributed by atoms with van der Waals surface area (Å²) in [5.74, 6) is -0.322. The van der Waals surface area contributed by atoms with Gasteiger partial charge < -0.3 is 10.4 Å². The van der Waals surface area contributed by atoms with Gasteiger partial charge in [0.25, 0.3) is 0 Å². The molecule has 0 bridgehead atoms. The van der Waals surface area contributed by atoms with E-state index in [2.05, 4.69) is 10.4 Å². The van der Waals surface area contributed by atoms with E-state index < -0.39 is 6.10 Å². The molecule has 1 amide bonds. The minimum absolute atomic E-state index is 0.0599. The Balaban J connectivity index is 1.70. The number of rotatable bonds is 4. The summed E-state index contributed by atoms with van der Waals surface area (Å²) in [7, 11) is 0. The first-order valence-corrected chi connectivity index (χ1v) is 7.29. The zero-order valence-corrected chi connectivity index (χ0v) is 11.8. The maximum Gasteiger partial charge on any atom is 0.225 e. The van der Waals surface area contributed by atoms with E-state index in [9.17, 15) is 9.90 Å². The maximum atomic E-state index is 12.1. The Labute approximate surface area is 123 Å². The number of amides is 1. The Hall–Kier alpha value is -2.14. The van der Waals surface area contributed by atoms with Crippen LogP contribution in [0.5, 0.6) is 0 Å². The molecule has 3 rings (SSSR count). The number of carbonyl (C=O) groups excluding carboxylic acids is 1. The first-order valence-electron chi connectivity index (χ1n) is 7.29. The zero-order chi connectivity index (χ0) is 14.7. The second-order valence-corrected chi connectivity index (χ2v) is 5.40. The summed E-state index contributed by atoms with van der Waals surface area (Å²) in [6.07, 6.45) is 5.52. The molecule has 2 N–H and O–H groups in total. The van der Waals surface area contributed by atoms with E-state index in [0.717, 1.165) is 30.5 Å². The molecule has 1 aliphatic rings. The molecular formula is C16H19N3O2. The molecule has 1 aliphatic carbocycles. The fourth-order valence-corrected chi connectivity index (χ4v) is 2.85. The predicted octanol–water partition coefficient (Wildman–Crippen LogP) is 1.65. The van der Waals surface area contributed by atoms with E-state index in [0.29, 0.717) is 6.54 Å². The number of para-hydroxylation sites is 1. The number of hydrogen-bond acceptors (Lipinski definition) is 3. The Bertz CT molecular complexity index is 610. The van der Waals surface area contributed by atoms with Crippen LogP contribution in [0.3, 0.4) is 0 Å². The molecular weight excluding hydrogens is 266 g/mol. The molecule has 110 valence electrons. The van der Waals surface area contributed by atoms with E-state index in [-0.39, 0.29) is 11.8 Å². The number of hydrogen-bond donors (Lipinski definition) is 2. The van der Waals surface area contributed by atoms with Crippen molar-refractivity contribution in [3.05, 3.63) is 48.3 Å². The Morgan fingerprint density at radius 3 is 2.90 bits per heavy atom. The molecule has 5 nitrogen and oxygen atoms in total. The van der Waals surface area contributed by atoms with Gasteiger partial charge in [0.2, 0.25) is 5.91 Å². The lowest BCUT2D eigenvalue weighted by molar-refractivity contribution is -0.127. The summed E-state index contributed by atoms with van der Waals surface area (Å²) in [5.41, 5.74) is 1.96. The number of carbonyl (C=O) groups is 1. The third kappa shape index (κ3) is 2.97. The second-order valence-electron chi connectivity index (χ2n) is 5.40. The number of aliphatic hydroxyl groups is 1. The molecule has 0 saturated heterocycles. The fourth-order valence-electron chi connectivity index (χ4n) is 2.85. The van der Waals surface area contributed by atoms with Gasteiger partial charge in [-0.15, -0.1) is 0 Å². The van der Waals surface area contributed by atoms with Gasteiger partial charge in [0, 0.05) is 18.9 Å². The zero-order valence-electron chi connectivity index (χ0n) is 11.8. The normalized spacial score (nSPS) is 21.4. The van der Waals surface area contributed by atoms with Crippen molar-refractivity contribution in [2.45, 2.75) is 31.9 Å². The summed E-state index contributed by atoms with van der Waals surface area (Å²) in [6.45, 7) is 0.443. The van der Waals surface area contributed by atoms with E-state index in [4.69, 9.17) is 0 Å². The van der Waals surface area contributed by atoms with E-state index in [1.165, 1.54) is 0 Å². The van der Waals surface area contributed by atoms with Crippen LogP contribution in [0.25, 0.3) is 5.69 Å². The van der Waals surface area contributed by atoms with Gasteiger partial charge in [0.15, 0.2) is 0 Å². The van der Waals surface area contributed by atoms with E-state index >= 15 is 0 Å². The summed E-state index contributed by atoms with van der Waals surface area (Å²) < 4.78 is 1.78. The molecule has 2 aromatic rings. The topological polar surface area (TPSA) is 67.2 Å². The lowest BCUT2D eigenvalue weighted by Gasteiger charge is -2.15. The lowest BCUT2D eigenvalue weighted by atomic mass is 10.0. The molecule has 1 heterocycles. The SMILES string of the molecule is O=C(NCc1ccccc1-n1cccn1)C1CCCC1O. The Kier molecular flexibility index (Phi) is 4.01. The molecule has 1 saturated carbocycles. The summed E-state index contributed by atoms with van der Waals surface area (Å²) in [4.78, 5) is 12.1. The van der Waals surface area contributed by atoms with Crippen molar-refractivity contribution in [3.63, 3.8) is 0 Å². The highest BCUT2D eigenvalue weighted by molar-refractivity contribution is 5.79. The molecule has 1 fully saturated rings. The average Bonchev–Trinajstić information content (AvgIpc) is 3.16. The number of aliphatic hydroxyl groups excluding tert-OH is 1. The molecule has 0 spiro atoms. The Morgan fingerprint density at radius 1 is 1.33 bits per heavy atom. The molecule has 2 unspecified atom stereocenters.